The van der Waals surface area contributed by atoms with Gasteiger partial charge in [0, 0.05) is 24.7 Å². The van der Waals surface area contributed by atoms with E-state index >= 15 is 0 Å². The maximum atomic E-state index is 12.9. The summed E-state index contributed by atoms with van der Waals surface area (Å²) in [6.07, 6.45) is 1.70. The molecule has 1 aromatic carbocycles. The van der Waals surface area contributed by atoms with E-state index in [0.29, 0.717) is 17.3 Å². The lowest BCUT2D eigenvalue weighted by atomic mass is 10.0. The fourth-order valence-electron chi connectivity index (χ4n) is 2.94. The summed E-state index contributed by atoms with van der Waals surface area (Å²) in [5.41, 5.74) is 0.480. The maximum absolute atomic E-state index is 12.9. The fraction of sp³-hybridized carbons (Fsp3) is 0.471. The Kier molecular flexibility index (Phi) is 4.89. The summed E-state index contributed by atoms with van der Waals surface area (Å²) in [5.74, 6) is 0.763. The SMILES string of the molecule is Cc1noc([C@@H](C)N2CCC(NC(=O)c3ccc(F)cc3)CC2)n1. The number of nitrogens with zero attached hydrogens (tertiary/aromatic N) is 3. The highest BCUT2D eigenvalue weighted by Crippen LogP contribution is 2.23. The lowest BCUT2D eigenvalue weighted by Crippen LogP contribution is -2.45. The van der Waals surface area contributed by atoms with Gasteiger partial charge in [-0.15, -0.1) is 0 Å². The Morgan fingerprint density at radius 2 is 2.00 bits per heavy atom. The molecule has 3 rings (SSSR count). The van der Waals surface area contributed by atoms with Gasteiger partial charge in [0.05, 0.1) is 6.04 Å². The van der Waals surface area contributed by atoms with Crippen LogP contribution in [0.15, 0.2) is 28.8 Å². The molecule has 0 radical (unpaired) electrons. The quantitative estimate of drug-likeness (QED) is 0.931. The van der Waals surface area contributed by atoms with Gasteiger partial charge in [-0.25, -0.2) is 4.39 Å². The zero-order chi connectivity index (χ0) is 17.1. The number of aryl methyl sites for hydroxylation is 1. The summed E-state index contributed by atoms with van der Waals surface area (Å²) >= 11 is 0. The number of aromatic nitrogens is 2. The number of amides is 1. The smallest absolute Gasteiger partial charge is 0.251 e. The number of hydrogen-bond acceptors (Lipinski definition) is 5. The minimum atomic E-state index is -0.342. The Labute approximate surface area is 140 Å². The molecule has 0 spiro atoms. The van der Waals surface area contributed by atoms with Gasteiger partial charge < -0.3 is 9.84 Å². The van der Waals surface area contributed by atoms with Crippen molar-refractivity contribution in [2.24, 2.45) is 0 Å². The van der Waals surface area contributed by atoms with Gasteiger partial charge in [-0.3, -0.25) is 9.69 Å². The molecule has 1 aliphatic rings. The molecule has 1 aromatic heterocycles. The van der Waals surface area contributed by atoms with Gasteiger partial charge in [0.15, 0.2) is 5.82 Å². The number of carbonyl (C=O) groups excluding carboxylic acids is 1. The second kappa shape index (κ2) is 7.09. The van der Waals surface area contributed by atoms with Crippen LogP contribution < -0.4 is 5.32 Å². The highest BCUT2D eigenvalue weighted by molar-refractivity contribution is 5.94. The summed E-state index contributed by atoms with van der Waals surface area (Å²) in [5, 5.41) is 6.85. The van der Waals surface area contributed by atoms with E-state index in [1.54, 1.807) is 6.92 Å². The number of piperidine rings is 1. The molecule has 0 bridgehead atoms. The zero-order valence-electron chi connectivity index (χ0n) is 13.8. The van der Waals surface area contributed by atoms with Gasteiger partial charge in [-0.05, 0) is 51.0 Å². The van der Waals surface area contributed by atoms with Gasteiger partial charge in [-0.1, -0.05) is 5.16 Å². The third kappa shape index (κ3) is 3.79. The zero-order valence-corrected chi connectivity index (χ0v) is 13.8. The van der Waals surface area contributed by atoms with E-state index in [2.05, 4.69) is 20.4 Å². The van der Waals surface area contributed by atoms with Crippen molar-refractivity contribution in [2.75, 3.05) is 13.1 Å². The summed E-state index contributed by atoms with van der Waals surface area (Å²) in [6, 6.07) is 5.78. The molecule has 0 aliphatic carbocycles. The molecule has 1 saturated heterocycles. The molecule has 1 fully saturated rings. The highest BCUT2D eigenvalue weighted by Gasteiger charge is 2.27. The lowest BCUT2D eigenvalue weighted by molar-refractivity contribution is 0.0881. The number of carbonyl (C=O) groups is 1. The van der Waals surface area contributed by atoms with Gasteiger partial charge in [0.1, 0.15) is 5.82 Å². The van der Waals surface area contributed by atoms with Crippen molar-refractivity contribution in [3.8, 4) is 0 Å². The Morgan fingerprint density at radius 1 is 1.33 bits per heavy atom. The average Bonchev–Trinajstić information content (AvgIpc) is 3.02. The molecule has 0 unspecified atom stereocenters. The van der Waals surface area contributed by atoms with Crippen molar-refractivity contribution in [3.05, 3.63) is 47.4 Å². The van der Waals surface area contributed by atoms with E-state index in [-0.39, 0.29) is 23.8 Å². The van der Waals surface area contributed by atoms with E-state index < -0.39 is 0 Å². The van der Waals surface area contributed by atoms with Crippen LogP contribution in [0.25, 0.3) is 0 Å². The van der Waals surface area contributed by atoms with E-state index in [1.165, 1.54) is 24.3 Å². The van der Waals surface area contributed by atoms with Crippen LogP contribution in [-0.2, 0) is 0 Å². The van der Waals surface area contributed by atoms with Crippen molar-refractivity contribution in [2.45, 2.75) is 38.8 Å². The van der Waals surface area contributed by atoms with Crippen molar-refractivity contribution < 1.29 is 13.7 Å². The van der Waals surface area contributed by atoms with Crippen molar-refractivity contribution in [3.63, 3.8) is 0 Å². The molecule has 7 heteroatoms. The minimum Gasteiger partial charge on any atom is -0.349 e. The third-order valence-electron chi connectivity index (χ3n) is 4.42. The van der Waals surface area contributed by atoms with Crippen LogP contribution in [0.3, 0.4) is 0 Å². The van der Waals surface area contributed by atoms with E-state index in [1.807, 2.05) is 6.92 Å². The van der Waals surface area contributed by atoms with E-state index in [0.717, 1.165) is 25.9 Å². The van der Waals surface area contributed by atoms with Crippen LogP contribution in [0, 0.1) is 12.7 Å². The summed E-state index contributed by atoms with van der Waals surface area (Å²) < 4.78 is 18.1. The molecular weight excluding hydrogens is 311 g/mol. The van der Waals surface area contributed by atoms with Gasteiger partial charge in [0.25, 0.3) is 5.91 Å². The number of benzene rings is 1. The standard InChI is InChI=1S/C17H21FN4O2/c1-11(17-19-12(2)21-24-17)22-9-7-15(8-10-22)20-16(23)13-3-5-14(18)6-4-13/h3-6,11,15H,7-10H2,1-2H3,(H,20,23)/t11-/m1/s1. The van der Waals surface area contributed by atoms with Gasteiger partial charge in [0.2, 0.25) is 5.89 Å². The maximum Gasteiger partial charge on any atom is 0.251 e. The largest absolute Gasteiger partial charge is 0.349 e. The summed E-state index contributed by atoms with van der Waals surface area (Å²) in [6.45, 7) is 5.54. The second-order valence-corrected chi connectivity index (χ2v) is 6.15. The van der Waals surface area contributed by atoms with Crippen molar-refractivity contribution in [1.82, 2.24) is 20.4 Å². The average molecular weight is 332 g/mol. The molecule has 1 aliphatic heterocycles. The van der Waals surface area contributed by atoms with Crippen LogP contribution >= 0.6 is 0 Å². The Balaban J connectivity index is 1.51. The van der Waals surface area contributed by atoms with Gasteiger partial charge >= 0.3 is 0 Å². The molecule has 128 valence electrons. The molecule has 6 nitrogen and oxygen atoms in total. The van der Waals surface area contributed by atoms with Crippen molar-refractivity contribution in [1.29, 1.82) is 0 Å². The van der Waals surface area contributed by atoms with Crippen LogP contribution in [0.2, 0.25) is 0 Å². The first kappa shape index (κ1) is 16.6. The second-order valence-electron chi connectivity index (χ2n) is 6.15. The van der Waals surface area contributed by atoms with Crippen LogP contribution in [-0.4, -0.2) is 40.1 Å². The highest BCUT2D eigenvalue weighted by atomic mass is 19.1. The van der Waals surface area contributed by atoms with Crippen molar-refractivity contribution >= 4 is 5.91 Å². The molecule has 1 N–H and O–H groups in total. The lowest BCUT2D eigenvalue weighted by Gasteiger charge is -2.34. The first-order valence-corrected chi connectivity index (χ1v) is 8.13. The summed E-state index contributed by atoms with van der Waals surface area (Å²) in [4.78, 5) is 18.7. The molecule has 2 aromatic rings. The third-order valence-corrected chi connectivity index (χ3v) is 4.42. The van der Waals surface area contributed by atoms with E-state index in [9.17, 15) is 9.18 Å². The fourth-order valence-corrected chi connectivity index (χ4v) is 2.94. The number of rotatable bonds is 4. The van der Waals surface area contributed by atoms with Gasteiger partial charge in [-0.2, -0.15) is 4.98 Å². The normalized spacial score (nSPS) is 17.6. The monoisotopic (exact) mass is 332 g/mol. The molecule has 1 amide bonds. The van der Waals surface area contributed by atoms with Crippen LogP contribution in [0.5, 0.6) is 0 Å². The molecule has 2 heterocycles. The number of nitrogens with one attached hydrogen (secondary N) is 1. The number of halogens is 1. The minimum absolute atomic E-state index is 0.0694. The first-order valence-electron chi connectivity index (χ1n) is 8.13. The number of likely N-dealkylation sites (tertiary alicyclic amines) is 1. The van der Waals surface area contributed by atoms with Crippen LogP contribution in [0.1, 0.15) is 47.9 Å². The molecule has 24 heavy (non-hydrogen) atoms. The predicted octanol–water partition coefficient (Wildman–Crippen LogP) is 2.47. The van der Waals surface area contributed by atoms with E-state index in [4.69, 9.17) is 4.52 Å². The molecule has 0 saturated carbocycles. The Bertz CT molecular complexity index is 693. The summed E-state index contributed by atoms with van der Waals surface area (Å²) in [7, 11) is 0. The topological polar surface area (TPSA) is 71.3 Å². The molecular formula is C17H21FN4O2. The first-order chi connectivity index (χ1) is 11.5. The van der Waals surface area contributed by atoms with Crippen LogP contribution in [0.4, 0.5) is 4.39 Å². The predicted molar refractivity (Wildman–Crippen MR) is 85.9 cm³/mol. The molecule has 1 atom stereocenters. The Hall–Kier alpha value is -2.28. The number of hydrogen-bond donors (Lipinski definition) is 1. The Morgan fingerprint density at radius 3 is 2.58 bits per heavy atom.